The zero-order chi connectivity index (χ0) is 13.8. The SMILES string of the molecule is Cc1ccc(C(C)C)cc1NCc1cccc(N)c1. The largest absolute Gasteiger partial charge is 0.399 e. The number of hydrogen-bond acceptors (Lipinski definition) is 2. The lowest BCUT2D eigenvalue weighted by molar-refractivity contribution is 0.866. The second kappa shape index (κ2) is 5.79. The van der Waals surface area contributed by atoms with Crippen LogP contribution in [0.25, 0.3) is 0 Å². The zero-order valence-electron chi connectivity index (χ0n) is 11.9. The lowest BCUT2D eigenvalue weighted by Crippen LogP contribution is -2.02. The van der Waals surface area contributed by atoms with Gasteiger partial charge >= 0.3 is 0 Å². The summed E-state index contributed by atoms with van der Waals surface area (Å²) < 4.78 is 0. The summed E-state index contributed by atoms with van der Waals surface area (Å²) >= 11 is 0. The number of aryl methyl sites for hydroxylation is 1. The second-order valence-electron chi connectivity index (χ2n) is 5.33. The summed E-state index contributed by atoms with van der Waals surface area (Å²) in [5.74, 6) is 0.550. The maximum atomic E-state index is 5.79. The highest BCUT2D eigenvalue weighted by Gasteiger charge is 2.03. The first-order chi connectivity index (χ1) is 9.06. The first-order valence-corrected chi connectivity index (χ1v) is 6.75. The Bertz CT molecular complexity index is 559. The van der Waals surface area contributed by atoms with Crippen LogP contribution in [0.3, 0.4) is 0 Å². The lowest BCUT2D eigenvalue weighted by atomic mass is 10.0. The fraction of sp³-hybridized carbons (Fsp3) is 0.294. The normalized spacial score (nSPS) is 10.7. The van der Waals surface area contributed by atoms with Gasteiger partial charge in [0.15, 0.2) is 0 Å². The summed E-state index contributed by atoms with van der Waals surface area (Å²) in [6.45, 7) is 7.36. The standard InChI is InChI=1S/C17H22N2/c1-12(2)15-8-7-13(3)17(10-15)19-11-14-5-4-6-16(18)9-14/h4-10,12,19H,11,18H2,1-3H3. The molecule has 0 aromatic heterocycles. The number of nitrogens with two attached hydrogens (primary N) is 1. The first kappa shape index (κ1) is 13.5. The van der Waals surface area contributed by atoms with E-state index in [1.54, 1.807) is 0 Å². The third-order valence-corrected chi connectivity index (χ3v) is 3.36. The molecule has 0 saturated heterocycles. The van der Waals surface area contributed by atoms with Crippen molar-refractivity contribution in [2.24, 2.45) is 0 Å². The lowest BCUT2D eigenvalue weighted by Gasteiger charge is -2.13. The van der Waals surface area contributed by atoms with Crippen LogP contribution < -0.4 is 11.1 Å². The number of benzene rings is 2. The molecule has 2 aromatic carbocycles. The summed E-state index contributed by atoms with van der Waals surface area (Å²) in [5, 5.41) is 3.50. The number of hydrogen-bond donors (Lipinski definition) is 2. The van der Waals surface area contributed by atoms with Gasteiger partial charge in [0.05, 0.1) is 0 Å². The third kappa shape index (κ3) is 3.50. The molecule has 2 heteroatoms. The molecular formula is C17H22N2. The van der Waals surface area contributed by atoms with Crippen LogP contribution >= 0.6 is 0 Å². The molecule has 3 N–H and O–H groups in total. The highest BCUT2D eigenvalue weighted by molar-refractivity contribution is 5.54. The number of nitrogens with one attached hydrogen (secondary N) is 1. The second-order valence-corrected chi connectivity index (χ2v) is 5.33. The predicted octanol–water partition coefficient (Wildman–Crippen LogP) is 4.31. The topological polar surface area (TPSA) is 38.0 Å². The minimum atomic E-state index is 0.550. The van der Waals surface area contributed by atoms with E-state index in [9.17, 15) is 0 Å². The molecule has 0 bridgehead atoms. The molecule has 100 valence electrons. The van der Waals surface area contributed by atoms with Crippen LogP contribution in [0.15, 0.2) is 42.5 Å². The van der Waals surface area contributed by atoms with Crippen molar-refractivity contribution >= 4 is 11.4 Å². The number of nitrogen functional groups attached to an aromatic ring is 1. The van der Waals surface area contributed by atoms with E-state index in [-0.39, 0.29) is 0 Å². The van der Waals surface area contributed by atoms with Crippen molar-refractivity contribution in [3.8, 4) is 0 Å². The molecule has 0 spiro atoms. The monoisotopic (exact) mass is 254 g/mol. The molecule has 0 heterocycles. The molecule has 0 atom stereocenters. The Morgan fingerprint density at radius 1 is 1.11 bits per heavy atom. The van der Waals surface area contributed by atoms with Crippen molar-refractivity contribution < 1.29 is 0 Å². The van der Waals surface area contributed by atoms with Gasteiger partial charge in [0.2, 0.25) is 0 Å². The van der Waals surface area contributed by atoms with Gasteiger partial charge in [0, 0.05) is 17.9 Å². The van der Waals surface area contributed by atoms with Crippen LogP contribution in [-0.4, -0.2) is 0 Å². The Hall–Kier alpha value is -1.96. The van der Waals surface area contributed by atoms with Crippen molar-refractivity contribution in [2.45, 2.75) is 33.2 Å². The maximum absolute atomic E-state index is 5.79. The molecule has 0 unspecified atom stereocenters. The molecule has 0 aliphatic heterocycles. The van der Waals surface area contributed by atoms with Crippen molar-refractivity contribution in [3.05, 3.63) is 59.2 Å². The molecule has 0 aliphatic carbocycles. The van der Waals surface area contributed by atoms with Crippen LogP contribution in [0, 0.1) is 6.92 Å². The third-order valence-electron chi connectivity index (χ3n) is 3.36. The average Bonchev–Trinajstić information content (AvgIpc) is 2.37. The van der Waals surface area contributed by atoms with Gasteiger partial charge in [-0.15, -0.1) is 0 Å². The summed E-state index contributed by atoms with van der Waals surface area (Å²) in [7, 11) is 0. The predicted molar refractivity (Wildman–Crippen MR) is 83.4 cm³/mol. The van der Waals surface area contributed by atoms with E-state index in [4.69, 9.17) is 5.73 Å². The van der Waals surface area contributed by atoms with E-state index in [2.05, 4.69) is 50.4 Å². The molecule has 0 fully saturated rings. The smallest absolute Gasteiger partial charge is 0.0401 e. The van der Waals surface area contributed by atoms with E-state index in [0.29, 0.717) is 5.92 Å². The van der Waals surface area contributed by atoms with E-state index in [1.165, 1.54) is 22.4 Å². The number of anilines is 2. The fourth-order valence-corrected chi connectivity index (χ4v) is 2.09. The minimum absolute atomic E-state index is 0.550. The van der Waals surface area contributed by atoms with Crippen LogP contribution in [0.1, 0.15) is 36.5 Å². The van der Waals surface area contributed by atoms with Crippen molar-refractivity contribution in [2.75, 3.05) is 11.1 Å². The van der Waals surface area contributed by atoms with Crippen LogP contribution in [0.2, 0.25) is 0 Å². The Kier molecular flexibility index (Phi) is 4.10. The van der Waals surface area contributed by atoms with Crippen molar-refractivity contribution in [1.29, 1.82) is 0 Å². The van der Waals surface area contributed by atoms with Crippen LogP contribution in [-0.2, 0) is 6.54 Å². The van der Waals surface area contributed by atoms with Gasteiger partial charge in [-0.05, 0) is 47.7 Å². The molecule has 2 rings (SSSR count). The quantitative estimate of drug-likeness (QED) is 0.798. The molecule has 0 saturated carbocycles. The van der Waals surface area contributed by atoms with E-state index >= 15 is 0 Å². The van der Waals surface area contributed by atoms with E-state index < -0.39 is 0 Å². The van der Waals surface area contributed by atoms with Gasteiger partial charge in [-0.3, -0.25) is 0 Å². The summed E-state index contributed by atoms with van der Waals surface area (Å²) in [5.41, 5.74) is 11.6. The number of rotatable bonds is 4. The van der Waals surface area contributed by atoms with E-state index in [0.717, 1.165) is 12.2 Å². The van der Waals surface area contributed by atoms with Crippen LogP contribution in [0.4, 0.5) is 11.4 Å². The Morgan fingerprint density at radius 3 is 2.58 bits per heavy atom. The zero-order valence-corrected chi connectivity index (χ0v) is 11.9. The molecule has 0 radical (unpaired) electrons. The molecule has 0 aliphatic rings. The highest BCUT2D eigenvalue weighted by atomic mass is 14.9. The van der Waals surface area contributed by atoms with Crippen LogP contribution in [0.5, 0.6) is 0 Å². The van der Waals surface area contributed by atoms with Crippen molar-refractivity contribution in [3.63, 3.8) is 0 Å². The first-order valence-electron chi connectivity index (χ1n) is 6.75. The van der Waals surface area contributed by atoms with Gasteiger partial charge < -0.3 is 11.1 Å². The Balaban J connectivity index is 2.12. The molecule has 19 heavy (non-hydrogen) atoms. The van der Waals surface area contributed by atoms with Gasteiger partial charge in [-0.25, -0.2) is 0 Å². The average molecular weight is 254 g/mol. The molecule has 2 aromatic rings. The fourth-order valence-electron chi connectivity index (χ4n) is 2.09. The summed E-state index contributed by atoms with van der Waals surface area (Å²) in [6, 6.07) is 14.6. The highest BCUT2D eigenvalue weighted by Crippen LogP contribution is 2.23. The van der Waals surface area contributed by atoms with Gasteiger partial charge in [-0.2, -0.15) is 0 Å². The summed E-state index contributed by atoms with van der Waals surface area (Å²) in [6.07, 6.45) is 0. The Labute approximate surface area is 115 Å². The molecule has 2 nitrogen and oxygen atoms in total. The summed E-state index contributed by atoms with van der Waals surface area (Å²) in [4.78, 5) is 0. The van der Waals surface area contributed by atoms with Crippen molar-refractivity contribution in [1.82, 2.24) is 0 Å². The minimum Gasteiger partial charge on any atom is -0.399 e. The van der Waals surface area contributed by atoms with Gasteiger partial charge in [0.1, 0.15) is 0 Å². The molecular weight excluding hydrogens is 232 g/mol. The Morgan fingerprint density at radius 2 is 1.89 bits per heavy atom. The van der Waals surface area contributed by atoms with Gasteiger partial charge in [-0.1, -0.05) is 38.1 Å². The molecule has 0 amide bonds. The van der Waals surface area contributed by atoms with E-state index in [1.807, 2.05) is 18.2 Å². The van der Waals surface area contributed by atoms with Gasteiger partial charge in [0.25, 0.3) is 0 Å². The maximum Gasteiger partial charge on any atom is 0.0401 e.